The van der Waals surface area contributed by atoms with Crippen LogP contribution in [0.4, 0.5) is 0 Å². The molecule has 0 saturated heterocycles. The van der Waals surface area contributed by atoms with Crippen LogP contribution in [-0.4, -0.2) is 24.0 Å². The Hall–Kier alpha value is -0.410. The summed E-state index contributed by atoms with van der Waals surface area (Å²) in [5.74, 6) is 0. The van der Waals surface area contributed by atoms with E-state index < -0.39 is 6.10 Å². The molecule has 1 atom stereocenters. The zero-order valence-corrected chi connectivity index (χ0v) is 6.62. The lowest BCUT2D eigenvalue weighted by Crippen LogP contribution is -2.40. The summed E-state index contributed by atoms with van der Waals surface area (Å²) >= 11 is 0. The first-order valence-corrected chi connectivity index (χ1v) is 4.08. The van der Waals surface area contributed by atoms with Gasteiger partial charge in [0.2, 0.25) is 0 Å². The average molecular weight is 157 g/mol. The molecule has 3 nitrogen and oxygen atoms in total. The van der Waals surface area contributed by atoms with Gasteiger partial charge in [-0.15, -0.1) is 0 Å². The normalized spacial score (nSPS) is 24.9. The van der Waals surface area contributed by atoms with Gasteiger partial charge in [-0.3, -0.25) is 0 Å². The fourth-order valence-corrected chi connectivity index (χ4v) is 1.84. The first-order valence-electron chi connectivity index (χ1n) is 4.08. The maximum Gasteiger partial charge on any atom is 0.149 e. The van der Waals surface area contributed by atoms with E-state index in [2.05, 4.69) is 0 Å². The zero-order chi connectivity index (χ0) is 8.32. The summed E-state index contributed by atoms with van der Waals surface area (Å²) in [6.07, 6.45) is 3.71. The summed E-state index contributed by atoms with van der Waals surface area (Å²) in [6, 6.07) is 0. The van der Waals surface area contributed by atoms with Crippen molar-refractivity contribution in [2.75, 3.05) is 6.54 Å². The van der Waals surface area contributed by atoms with E-state index in [1.165, 1.54) is 0 Å². The van der Waals surface area contributed by atoms with Gasteiger partial charge < -0.3 is 15.6 Å². The summed E-state index contributed by atoms with van der Waals surface area (Å²) in [5, 5.41) is 9.36. The van der Waals surface area contributed by atoms with Gasteiger partial charge in [0.05, 0.1) is 0 Å². The lowest BCUT2D eigenvalue weighted by Gasteiger charge is -2.29. The number of rotatable bonds is 3. The van der Waals surface area contributed by atoms with Gasteiger partial charge in [0.25, 0.3) is 0 Å². The molecule has 0 aliphatic heterocycles. The summed E-state index contributed by atoms with van der Waals surface area (Å²) in [7, 11) is 0. The Morgan fingerprint density at radius 3 is 2.45 bits per heavy atom. The van der Waals surface area contributed by atoms with Gasteiger partial charge in [-0.2, -0.15) is 0 Å². The molecular formula is C8H15NO2. The maximum atomic E-state index is 10.4. The van der Waals surface area contributed by atoms with E-state index in [1.54, 1.807) is 0 Å². The third kappa shape index (κ3) is 1.44. The topological polar surface area (TPSA) is 63.3 Å². The summed E-state index contributed by atoms with van der Waals surface area (Å²) in [4.78, 5) is 10.4. The monoisotopic (exact) mass is 157 g/mol. The number of aliphatic hydroxyl groups is 1. The molecule has 1 aliphatic carbocycles. The molecule has 0 radical (unpaired) electrons. The molecule has 0 aromatic heterocycles. The fraction of sp³-hybridized carbons (Fsp3) is 0.875. The number of carbonyl (C=O) groups is 1. The second kappa shape index (κ2) is 3.32. The third-order valence-electron chi connectivity index (χ3n) is 2.76. The molecule has 3 heteroatoms. The van der Waals surface area contributed by atoms with Crippen molar-refractivity contribution >= 4 is 6.29 Å². The van der Waals surface area contributed by atoms with Gasteiger partial charge in [0.1, 0.15) is 12.4 Å². The van der Waals surface area contributed by atoms with Gasteiger partial charge in [-0.25, -0.2) is 0 Å². The Bertz CT molecular complexity index is 141. The van der Waals surface area contributed by atoms with Gasteiger partial charge in [-0.05, 0) is 12.8 Å². The predicted octanol–water partition coefficient (Wildman–Crippen LogP) is 0.0653. The zero-order valence-electron chi connectivity index (χ0n) is 6.62. The number of aliphatic hydroxyl groups excluding tert-OH is 1. The van der Waals surface area contributed by atoms with Gasteiger partial charge >= 0.3 is 0 Å². The van der Waals surface area contributed by atoms with E-state index in [9.17, 15) is 9.90 Å². The smallest absolute Gasteiger partial charge is 0.149 e. The standard InChI is InChI=1S/C8H15NO2/c9-6-8(7(11)5-10)3-1-2-4-8/h5,7,11H,1-4,6,9H2. The molecule has 0 spiro atoms. The molecule has 1 unspecified atom stereocenters. The second-order valence-electron chi connectivity index (χ2n) is 3.35. The van der Waals surface area contributed by atoms with Crippen molar-refractivity contribution in [2.24, 2.45) is 11.1 Å². The van der Waals surface area contributed by atoms with Gasteiger partial charge in [0.15, 0.2) is 0 Å². The molecule has 0 aromatic carbocycles. The first kappa shape index (κ1) is 8.68. The first-order chi connectivity index (χ1) is 5.25. The quantitative estimate of drug-likeness (QED) is 0.570. The van der Waals surface area contributed by atoms with Crippen molar-refractivity contribution in [1.82, 2.24) is 0 Å². The minimum absolute atomic E-state index is 0.290. The minimum Gasteiger partial charge on any atom is -0.385 e. The Morgan fingerprint density at radius 2 is 2.09 bits per heavy atom. The summed E-state index contributed by atoms with van der Waals surface area (Å²) in [5.41, 5.74) is 5.24. The fourth-order valence-electron chi connectivity index (χ4n) is 1.84. The molecule has 1 rings (SSSR count). The molecule has 0 bridgehead atoms. The number of nitrogens with two attached hydrogens (primary N) is 1. The van der Waals surface area contributed by atoms with Crippen LogP contribution in [0.1, 0.15) is 25.7 Å². The lowest BCUT2D eigenvalue weighted by atomic mass is 9.81. The van der Waals surface area contributed by atoms with Crippen LogP contribution in [0.5, 0.6) is 0 Å². The average Bonchev–Trinajstić information content (AvgIpc) is 2.52. The Morgan fingerprint density at radius 1 is 1.55 bits per heavy atom. The molecule has 0 heterocycles. The van der Waals surface area contributed by atoms with Gasteiger partial charge in [-0.1, -0.05) is 12.8 Å². The predicted molar refractivity (Wildman–Crippen MR) is 42.0 cm³/mol. The number of aldehydes is 1. The molecule has 0 aromatic rings. The molecule has 64 valence electrons. The Labute approximate surface area is 66.6 Å². The molecule has 1 fully saturated rings. The second-order valence-corrected chi connectivity index (χ2v) is 3.35. The Balaban J connectivity index is 2.65. The van der Waals surface area contributed by atoms with Crippen LogP contribution in [0.3, 0.4) is 0 Å². The SMILES string of the molecule is NCC1(C(O)C=O)CCCC1. The van der Waals surface area contributed by atoms with E-state index in [0.717, 1.165) is 25.7 Å². The summed E-state index contributed by atoms with van der Waals surface area (Å²) < 4.78 is 0. The highest BCUT2D eigenvalue weighted by Gasteiger charge is 2.39. The van der Waals surface area contributed by atoms with Crippen LogP contribution < -0.4 is 5.73 Å². The van der Waals surface area contributed by atoms with E-state index in [0.29, 0.717) is 12.8 Å². The van der Waals surface area contributed by atoms with Crippen molar-refractivity contribution in [3.63, 3.8) is 0 Å². The van der Waals surface area contributed by atoms with Crippen LogP contribution in [0, 0.1) is 5.41 Å². The van der Waals surface area contributed by atoms with Crippen LogP contribution in [0.15, 0.2) is 0 Å². The highest BCUT2D eigenvalue weighted by atomic mass is 16.3. The van der Waals surface area contributed by atoms with Crippen molar-refractivity contribution < 1.29 is 9.90 Å². The molecular weight excluding hydrogens is 142 g/mol. The number of carbonyl (C=O) groups excluding carboxylic acids is 1. The van der Waals surface area contributed by atoms with Gasteiger partial charge in [0, 0.05) is 12.0 Å². The number of hydrogen-bond donors (Lipinski definition) is 2. The van der Waals surface area contributed by atoms with Crippen molar-refractivity contribution in [2.45, 2.75) is 31.8 Å². The van der Waals surface area contributed by atoms with Crippen LogP contribution in [0.25, 0.3) is 0 Å². The molecule has 3 N–H and O–H groups in total. The maximum absolute atomic E-state index is 10.4. The largest absolute Gasteiger partial charge is 0.385 e. The van der Waals surface area contributed by atoms with Crippen molar-refractivity contribution in [3.8, 4) is 0 Å². The van der Waals surface area contributed by atoms with Crippen molar-refractivity contribution in [1.29, 1.82) is 0 Å². The van der Waals surface area contributed by atoms with E-state index in [1.807, 2.05) is 0 Å². The van der Waals surface area contributed by atoms with E-state index >= 15 is 0 Å². The van der Waals surface area contributed by atoms with Crippen LogP contribution in [0.2, 0.25) is 0 Å². The number of hydrogen-bond acceptors (Lipinski definition) is 3. The molecule has 1 saturated carbocycles. The van der Waals surface area contributed by atoms with Crippen LogP contribution >= 0.6 is 0 Å². The lowest BCUT2D eigenvalue weighted by molar-refractivity contribution is -0.121. The molecule has 0 amide bonds. The highest BCUT2D eigenvalue weighted by molar-refractivity contribution is 5.57. The van der Waals surface area contributed by atoms with Crippen molar-refractivity contribution in [3.05, 3.63) is 0 Å². The Kier molecular flexibility index (Phi) is 2.62. The summed E-state index contributed by atoms with van der Waals surface area (Å²) in [6.45, 7) is 0.424. The van der Waals surface area contributed by atoms with E-state index in [4.69, 9.17) is 5.73 Å². The minimum atomic E-state index is -0.852. The molecule has 11 heavy (non-hydrogen) atoms. The highest BCUT2D eigenvalue weighted by Crippen LogP contribution is 2.39. The molecule has 1 aliphatic rings. The van der Waals surface area contributed by atoms with Crippen LogP contribution in [-0.2, 0) is 4.79 Å². The third-order valence-corrected chi connectivity index (χ3v) is 2.76. The van der Waals surface area contributed by atoms with E-state index in [-0.39, 0.29) is 5.41 Å².